The number of rotatable bonds is 2. The number of halogens is 6. The van der Waals surface area contributed by atoms with Crippen LogP contribution in [0.4, 0.5) is 13.2 Å². The lowest BCUT2D eigenvalue weighted by Gasteiger charge is -2.14. The minimum absolute atomic E-state index is 0.0479. The molecule has 0 nitrogen and oxygen atoms in total. The van der Waals surface area contributed by atoms with Crippen molar-refractivity contribution in [2.24, 2.45) is 0 Å². The van der Waals surface area contributed by atoms with Crippen molar-refractivity contribution in [3.05, 3.63) is 67.9 Å². The fourth-order valence-electron chi connectivity index (χ4n) is 1.61. The van der Waals surface area contributed by atoms with Gasteiger partial charge in [-0.25, -0.2) is 13.2 Å². The van der Waals surface area contributed by atoms with Crippen molar-refractivity contribution in [2.45, 2.75) is 4.83 Å². The summed E-state index contributed by atoms with van der Waals surface area (Å²) in [6.45, 7) is 0. The van der Waals surface area contributed by atoms with E-state index < -0.39 is 22.3 Å². The minimum atomic E-state index is -0.653. The van der Waals surface area contributed by atoms with Crippen molar-refractivity contribution in [3.63, 3.8) is 0 Å². The summed E-state index contributed by atoms with van der Waals surface area (Å²) >= 11 is 9.45. The molecule has 2 aromatic carbocycles. The van der Waals surface area contributed by atoms with Crippen molar-refractivity contribution in [1.82, 2.24) is 0 Å². The van der Waals surface area contributed by atoms with Crippen molar-refractivity contribution in [2.75, 3.05) is 0 Å². The zero-order valence-corrected chi connectivity index (χ0v) is 14.0. The fraction of sp³-hybridized carbons (Fsp3) is 0.0769. The molecule has 0 radical (unpaired) electrons. The van der Waals surface area contributed by atoms with Gasteiger partial charge in [0.1, 0.15) is 17.5 Å². The zero-order valence-electron chi connectivity index (χ0n) is 9.23. The summed E-state index contributed by atoms with van der Waals surface area (Å²) in [5, 5.41) is 0. The van der Waals surface area contributed by atoms with Gasteiger partial charge in [-0.2, -0.15) is 0 Å². The third-order valence-electron chi connectivity index (χ3n) is 2.54. The van der Waals surface area contributed by atoms with E-state index in [0.29, 0.717) is 10.0 Å². The maximum absolute atomic E-state index is 13.9. The highest BCUT2D eigenvalue weighted by Crippen LogP contribution is 2.38. The van der Waals surface area contributed by atoms with E-state index in [1.54, 1.807) is 0 Å². The molecule has 0 spiro atoms. The number of benzene rings is 2. The van der Waals surface area contributed by atoms with E-state index in [1.807, 2.05) is 0 Å². The maximum atomic E-state index is 13.9. The second kappa shape index (κ2) is 5.97. The van der Waals surface area contributed by atoms with Gasteiger partial charge in [0.2, 0.25) is 0 Å². The molecular weight excluding hydrogens is 453 g/mol. The zero-order chi connectivity index (χ0) is 14.2. The lowest BCUT2D eigenvalue weighted by molar-refractivity contribution is 0.582. The molecule has 0 bridgehead atoms. The van der Waals surface area contributed by atoms with E-state index in [2.05, 4.69) is 47.8 Å². The Labute approximate surface area is 133 Å². The van der Waals surface area contributed by atoms with Crippen molar-refractivity contribution >= 4 is 47.8 Å². The van der Waals surface area contributed by atoms with Crippen LogP contribution in [0.2, 0.25) is 0 Å². The van der Waals surface area contributed by atoms with E-state index in [9.17, 15) is 13.2 Å². The van der Waals surface area contributed by atoms with E-state index in [4.69, 9.17) is 0 Å². The van der Waals surface area contributed by atoms with E-state index in [1.165, 1.54) is 18.2 Å². The van der Waals surface area contributed by atoms with Gasteiger partial charge in [-0.1, -0.05) is 31.9 Å². The smallest absolute Gasteiger partial charge is 0.137 e. The molecule has 2 rings (SSSR count). The Morgan fingerprint density at radius 2 is 1.47 bits per heavy atom. The van der Waals surface area contributed by atoms with Crippen LogP contribution in [-0.2, 0) is 0 Å². The standard InChI is InChI=1S/C13H6Br3F3/c14-9-2-1-6(17)3-7(9)13(16)8-4-12(19)10(15)5-11(8)18/h1-5,13H. The SMILES string of the molecule is Fc1ccc(Br)c(C(Br)c2cc(F)c(Br)cc2F)c1. The summed E-state index contributed by atoms with van der Waals surface area (Å²) in [6, 6.07) is 6.20. The predicted octanol–water partition coefficient (Wildman–Crippen LogP) is 6.11. The van der Waals surface area contributed by atoms with Crippen molar-refractivity contribution < 1.29 is 13.2 Å². The molecule has 1 atom stereocenters. The lowest BCUT2D eigenvalue weighted by atomic mass is 10.0. The highest BCUT2D eigenvalue weighted by atomic mass is 79.9. The van der Waals surface area contributed by atoms with Crippen LogP contribution in [-0.4, -0.2) is 0 Å². The summed E-state index contributed by atoms with van der Waals surface area (Å²) in [7, 11) is 0. The van der Waals surface area contributed by atoms with Crippen molar-refractivity contribution in [3.8, 4) is 0 Å². The first-order valence-electron chi connectivity index (χ1n) is 5.13. The summed E-state index contributed by atoms with van der Waals surface area (Å²) < 4.78 is 41.3. The van der Waals surface area contributed by atoms with Gasteiger partial charge in [0.25, 0.3) is 0 Å². The molecule has 19 heavy (non-hydrogen) atoms. The Hall–Kier alpha value is -0.330. The number of hydrogen-bond acceptors (Lipinski definition) is 0. The van der Waals surface area contributed by atoms with Gasteiger partial charge in [0.15, 0.2) is 0 Å². The van der Waals surface area contributed by atoms with E-state index in [0.717, 1.165) is 12.1 Å². The number of alkyl halides is 1. The molecule has 100 valence electrons. The van der Waals surface area contributed by atoms with Crippen LogP contribution in [0.15, 0.2) is 39.3 Å². The molecule has 2 aromatic rings. The van der Waals surface area contributed by atoms with E-state index >= 15 is 0 Å². The molecule has 0 aromatic heterocycles. The molecule has 0 N–H and O–H groups in total. The van der Waals surface area contributed by atoms with Crippen LogP contribution in [0.1, 0.15) is 16.0 Å². The fourth-order valence-corrected chi connectivity index (χ4v) is 3.44. The molecule has 0 aliphatic heterocycles. The Bertz CT molecular complexity index is 629. The molecule has 0 saturated heterocycles. The largest absolute Gasteiger partial charge is 0.207 e. The van der Waals surface area contributed by atoms with Crippen LogP contribution in [0.25, 0.3) is 0 Å². The first-order valence-corrected chi connectivity index (χ1v) is 7.63. The Kier molecular flexibility index (Phi) is 4.74. The van der Waals surface area contributed by atoms with Gasteiger partial charge in [-0.15, -0.1) is 0 Å². The van der Waals surface area contributed by atoms with E-state index in [-0.39, 0.29) is 10.0 Å². The molecule has 0 aliphatic rings. The molecule has 0 heterocycles. The molecule has 1 unspecified atom stereocenters. The number of hydrogen-bond donors (Lipinski definition) is 0. The molecule has 0 aliphatic carbocycles. The van der Waals surface area contributed by atoms with Crippen LogP contribution >= 0.6 is 47.8 Å². The highest BCUT2D eigenvalue weighted by Gasteiger charge is 2.20. The Balaban J connectivity index is 2.52. The van der Waals surface area contributed by atoms with Crippen LogP contribution in [0.3, 0.4) is 0 Å². The summed E-state index contributed by atoms with van der Waals surface area (Å²) in [5.41, 5.74) is 0.590. The monoisotopic (exact) mass is 456 g/mol. The third kappa shape index (κ3) is 3.23. The predicted molar refractivity (Wildman–Crippen MR) is 78.9 cm³/mol. The molecular formula is C13H6Br3F3. The molecule has 6 heteroatoms. The average molecular weight is 459 g/mol. The second-order valence-electron chi connectivity index (χ2n) is 3.82. The first-order chi connectivity index (χ1) is 8.90. The van der Waals surface area contributed by atoms with Gasteiger partial charge in [0.05, 0.1) is 9.30 Å². The van der Waals surface area contributed by atoms with Gasteiger partial charge < -0.3 is 0 Å². The Morgan fingerprint density at radius 3 is 2.16 bits per heavy atom. The quantitative estimate of drug-likeness (QED) is 0.376. The summed E-state index contributed by atoms with van der Waals surface area (Å²) in [5.74, 6) is -1.60. The molecule has 0 fully saturated rings. The normalized spacial score (nSPS) is 12.5. The Morgan fingerprint density at radius 1 is 0.789 bits per heavy atom. The van der Waals surface area contributed by atoms with Crippen LogP contribution in [0.5, 0.6) is 0 Å². The first kappa shape index (κ1) is 15.1. The second-order valence-corrected chi connectivity index (χ2v) is 6.44. The van der Waals surface area contributed by atoms with Gasteiger partial charge in [-0.05, 0) is 51.8 Å². The average Bonchev–Trinajstić information content (AvgIpc) is 2.36. The van der Waals surface area contributed by atoms with Crippen molar-refractivity contribution in [1.29, 1.82) is 0 Å². The highest BCUT2D eigenvalue weighted by molar-refractivity contribution is 9.11. The minimum Gasteiger partial charge on any atom is -0.207 e. The van der Waals surface area contributed by atoms with Crippen LogP contribution < -0.4 is 0 Å². The molecule has 0 saturated carbocycles. The molecule has 0 amide bonds. The van der Waals surface area contributed by atoms with Gasteiger partial charge >= 0.3 is 0 Å². The lowest BCUT2D eigenvalue weighted by Crippen LogP contribution is -2.00. The third-order valence-corrected chi connectivity index (χ3v) is 4.86. The van der Waals surface area contributed by atoms with Gasteiger partial charge in [0, 0.05) is 10.0 Å². The van der Waals surface area contributed by atoms with Crippen LogP contribution in [0, 0.1) is 17.5 Å². The topological polar surface area (TPSA) is 0 Å². The van der Waals surface area contributed by atoms with Gasteiger partial charge in [-0.3, -0.25) is 0 Å². The summed E-state index contributed by atoms with van der Waals surface area (Å²) in [4.78, 5) is -0.653. The maximum Gasteiger partial charge on any atom is 0.137 e. The summed E-state index contributed by atoms with van der Waals surface area (Å²) in [6.07, 6.45) is 0.